The second-order valence-electron chi connectivity index (χ2n) is 4.95. The molecule has 0 unspecified atom stereocenters. The van der Waals surface area contributed by atoms with Crippen LogP contribution in [0.3, 0.4) is 0 Å². The molecule has 0 saturated heterocycles. The quantitative estimate of drug-likeness (QED) is 0.255. The summed E-state index contributed by atoms with van der Waals surface area (Å²) in [4.78, 5) is 0. The molecule has 0 nitrogen and oxygen atoms in total. The van der Waals surface area contributed by atoms with E-state index in [9.17, 15) is 0 Å². The summed E-state index contributed by atoms with van der Waals surface area (Å²) in [6.45, 7) is 6.02. The van der Waals surface area contributed by atoms with Gasteiger partial charge in [0.05, 0.1) is 0 Å². The van der Waals surface area contributed by atoms with Gasteiger partial charge in [-0.2, -0.15) is 0 Å². The molecule has 0 saturated carbocycles. The molecule has 0 heterocycles. The van der Waals surface area contributed by atoms with Crippen molar-refractivity contribution in [3.8, 4) is 0 Å². The van der Waals surface area contributed by atoms with Crippen molar-refractivity contribution in [2.24, 2.45) is 0 Å². The van der Waals surface area contributed by atoms with Gasteiger partial charge in [-0.1, -0.05) is 63.7 Å². The highest BCUT2D eigenvalue weighted by atomic mass is 13.9. The van der Waals surface area contributed by atoms with E-state index in [-0.39, 0.29) is 0 Å². The molecule has 100 valence electrons. The summed E-state index contributed by atoms with van der Waals surface area (Å²) >= 11 is 0. The maximum Gasteiger partial charge on any atom is -0.0351 e. The van der Waals surface area contributed by atoms with Gasteiger partial charge in [-0.05, 0) is 38.5 Å². The molecule has 0 bridgehead atoms. The molecule has 0 aromatic rings. The molecule has 0 aromatic heterocycles. The third kappa shape index (κ3) is 15.5. The Bertz CT molecular complexity index is 167. The molecule has 0 aliphatic rings. The summed E-state index contributed by atoms with van der Waals surface area (Å²) in [6.07, 6.45) is 23.0. The summed E-state index contributed by atoms with van der Waals surface area (Å²) in [5.74, 6) is 0. The Morgan fingerprint density at radius 3 is 1.59 bits per heavy atom. The Kier molecular flexibility index (Phi) is 15.0. The summed E-state index contributed by atoms with van der Waals surface area (Å²) in [5.41, 5.74) is 0. The SMILES string of the molecule is C=CCCCCCC/C=C/CCCCCCC. The van der Waals surface area contributed by atoms with Crippen molar-refractivity contribution in [1.29, 1.82) is 0 Å². The number of unbranched alkanes of at least 4 members (excludes halogenated alkanes) is 10. The van der Waals surface area contributed by atoms with Crippen LogP contribution in [0.1, 0.15) is 84.0 Å². The van der Waals surface area contributed by atoms with Crippen LogP contribution >= 0.6 is 0 Å². The minimum Gasteiger partial charge on any atom is -0.103 e. The lowest BCUT2D eigenvalue weighted by Crippen LogP contribution is -1.77. The van der Waals surface area contributed by atoms with Crippen molar-refractivity contribution >= 4 is 0 Å². The van der Waals surface area contributed by atoms with Crippen LogP contribution < -0.4 is 0 Å². The maximum atomic E-state index is 3.74. The largest absolute Gasteiger partial charge is 0.103 e. The maximum absolute atomic E-state index is 3.74. The van der Waals surface area contributed by atoms with Gasteiger partial charge in [0.2, 0.25) is 0 Å². The molecule has 0 N–H and O–H groups in total. The average Bonchev–Trinajstić information content (AvgIpc) is 2.35. The molecule has 0 aromatic carbocycles. The van der Waals surface area contributed by atoms with E-state index in [0.29, 0.717) is 0 Å². The van der Waals surface area contributed by atoms with E-state index in [1.165, 1.54) is 77.0 Å². The third-order valence-corrected chi connectivity index (χ3v) is 3.17. The summed E-state index contributed by atoms with van der Waals surface area (Å²) in [5, 5.41) is 0. The first kappa shape index (κ1) is 16.5. The average molecular weight is 236 g/mol. The van der Waals surface area contributed by atoms with Crippen LogP contribution in [0.2, 0.25) is 0 Å². The Balaban J connectivity index is 3.01. The fourth-order valence-corrected chi connectivity index (χ4v) is 2.01. The van der Waals surface area contributed by atoms with E-state index in [4.69, 9.17) is 0 Å². The highest BCUT2D eigenvalue weighted by Gasteiger charge is 1.88. The van der Waals surface area contributed by atoms with Gasteiger partial charge in [-0.3, -0.25) is 0 Å². The molecule has 0 atom stereocenters. The Morgan fingerprint density at radius 2 is 1.12 bits per heavy atom. The zero-order valence-electron chi connectivity index (χ0n) is 11.9. The lowest BCUT2D eigenvalue weighted by atomic mass is 10.1. The van der Waals surface area contributed by atoms with Crippen molar-refractivity contribution in [2.45, 2.75) is 84.0 Å². The predicted octanol–water partition coefficient (Wildman–Crippen LogP) is 6.43. The van der Waals surface area contributed by atoms with Gasteiger partial charge in [0, 0.05) is 0 Å². The van der Waals surface area contributed by atoms with Gasteiger partial charge in [0.15, 0.2) is 0 Å². The van der Waals surface area contributed by atoms with E-state index in [1.54, 1.807) is 0 Å². The van der Waals surface area contributed by atoms with Gasteiger partial charge in [-0.15, -0.1) is 6.58 Å². The summed E-state index contributed by atoms with van der Waals surface area (Å²) in [7, 11) is 0. The van der Waals surface area contributed by atoms with Crippen LogP contribution in [-0.4, -0.2) is 0 Å². The number of rotatable bonds is 13. The first-order chi connectivity index (χ1) is 8.41. The highest BCUT2D eigenvalue weighted by Crippen LogP contribution is 2.08. The van der Waals surface area contributed by atoms with E-state index in [2.05, 4.69) is 25.7 Å². The van der Waals surface area contributed by atoms with Gasteiger partial charge in [0.1, 0.15) is 0 Å². The highest BCUT2D eigenvalue weighted by molar-refractivity contribution is 4.81. The summed E-state index contributed by atoms with van der Waals surface area (Å²) < 4.78 is 0. The molecule has 17 heavy (non-hydrogen) atoms. The van der Waals surface area contributed by atoms with Gasteiger partial charge >= 0.3 is 0 Å². The standard InChI is InChI=1S/C17H32/c1-3-5-7-9-11-13-15-17-16-14-12-10-8-6-4-2/h3,16-17H,1,4-15H2,2H3/b17-16+. The number of allylic oxidation sites excluding steroid dienone is 3. The molecule has 0 heteroatoms. The molecular formula is C17H32. The normalized spacial score (nSPS) is 11.1. The van der Waals surface area contributed by atoms with Crippen LogP contribution in [0.5, 0.6) is 0 Å². The van der Waals surface area contributed by atoms with Crippen LogP contribution in [-0.2, 0) is 0 Å². The van der Waals surface area contributed by atoms with Crippen molar-refractivity contribution < 1.29 is 0 Å². The fourth-order valence-electron chi connectivity index (χ4n) is 2.01. The predicted molar refractivity (Wildman–Crippen MR) is 80.4 cm³/mol. The zero-order valence-corrected chi connectivity index (χ0v) is 11.9. The Morgan fingerprint density at radius 1 is 0.647 bits per heavy atom. The van der Waals surface area contributed by atoms with Crippen LogP contribution in [0.25, 0.3) is 0 Å². The van der Waals surface area contributed by atoms with Crippen LogP contribution in [0.15, 0.2) is 24.8 Å². The molecule has 0 spiro atoms. The van der Waals surface area contributed by atoms with E-state index >= 15 is 0 Å². The smallest absolute Gasteiger partial charge is 0.0351 e. The van der Waals surface area contributed by atoms with Crippen molar-refractivity contribution in [2.75, 3.05) is 0 Å². The first-order valence-corrected chi connectivity index (χ1v) is 7.67. The third-order valence-electron chi connectivity index (χ3n) is 3.17. The van der Waals surface area contributed by atoms with E-state index in [0.717, 1.165) is 0 Å². The molecule has 0 rings (SSSR count). The second-order valence-corrected chi connectivity index (χ2v) is 4.95. The number of hydrogen-bond acceptors (Lipinski definition) is 0. The Labute approximate surface area is 109 Å². The van der Waals surface area contributed by atoms with E-state index < -0.39 is 0 Å². The summed E-state index contributed by atoms with van der Waals surface area (Å²) in [6, 6.07) is 0. The molecular weight excluding hydrogens is 204 g/mol. The van der Waals surface area contributed by atoms with Crippen LogP contribution in [0.4, 0.5) is 0 Å². The van der Waals surface area contributed by atoms with Crippen molar-refractivity contribution in [3.63, 3.8) is 0 Å². The van der Waals surface area contributed by atoms with Crippen molar-refractivity contribution in [3.05, 3.63) is 24.8 Å². The number of hydrogen-bond donors (Lipinski definition) is 0. The monoisotopic (exact) mass is 236 g/mol. The molecule has 0 fully saturated rings. The molecule has 0 aliphatic carbocycles. The second kappa shape index (κ2) is 15.5. The molecule has 0 radical (unpaired) electrons. The Hall–Kier alpha value is -0.520. The lowest BCUT2D eigenvalue weighted by Gasteiger charge is -1.97. The van der Waals surface area contributed by atoms with Gasteiger partial charge in [-0.25, -0.2) is 0 Å². The first-order valence-electron chi connectivity index (χ1n) is 7.67. The van der Waals surface area contributed by atoms with Crippen molar-refractivity contribution in [1.82, 2.24) is 0 Å². The fraction of sp³-hybridized carbons (Fsp3) is 0.765. The zero-order chi connectivity index (χ0) is 12.6. The van der Waals surface area contributed by atoms with Gasteiger partial charge in [0.25, 0.3) is 0 Å². The van der Waals surface area contributed by atoms with Crippen LogP contribution in [0, 0.1) is 0 Å². The van der Waals surface area contributed by atoms with Gasteiger partial charge < -0.3 is 0 Å². The minimum absolute atomic E-state index is 1.19. The molecule has 0 aliphatic heterocycles. The molecule has 0 amide bonds. The minimum atomic E-state index is 1.19. The topological polar surface area (TPSA) is 0 Å². The lowest BCUT2D eigenvalue weighted by molar-refractivity contribution is 0.635. The van der Waals surface area contributed by atoms with E-state index in [1.807, 2.05) is 6.08 Å².